The Balaban J connectivity index is 1.14. The van der Waals surface area contributed by atoms with Gasteiger partial charge in [0.15, 0.2) is 0 Å². The topological polar surface area (TPSA) is 70.9 Å². The summed E-state index contributed by atoms with van der Waals surface area (Å²) in [5, 5.41) is 0. The molecule has 0 aliphatic heterocycles. The van der Waals surface area contributed by atoms with Crippen LogP contribution >= 0.6 is 0 Å². The number of rotatable bonds is 12. The van der Waals surface area contributed by atoms with E-state index in [0.29, 0.717) is 38.2 Å². The molecule has 0 bridgehead atoms. The predicted molar refractivity (Wildman–Crippen MR) is 154 cm³/mol. The molecule has 0 atom stereocenters. The van der Waals surface area contributed by atoms with E-state index in [-0.39, 0.29) is 0 Å². The minimum Gasteiger partial charge on any atom is -0.491 e. The fraction of sp³-hybridized carbons (Fsp3) is 0.188. The lowest BCUT2D eigenvalue weighted by Crippen LogP contribution is -2.12. The number of methoxy groups -OCH3 is 2. The zero-order chi connectivity index (χ0) is 27.1. The summed E-state index contributed by atoms with van der Waals surface area (Å²) < 4.78 is 28.0. The smallest absolute Gasteiger partial charge is 0.220 e. The Kier molecular flexibility index (Phi) is 10.5. The Hall–Kier alpha value is -4.62. The second-order valence-electron chi connectivity index (χ2n) is 8.27. The summed E-state index contributed by atoms with van der Waals surface area (Å²) in [5.41, 5.74) is 3.41. The summed E-state index contributed by atoms with van der Waals surface area (Å²) in [5.74, 6) is 2.62. The van der Waals surface area contributed by atoms with E-state index in [4.69, 9.17) is 23.7 Å². The van der Waals surface area contributed by atoms with Crippen molar-refractivity contribution in [2.45, 2.75) is 0 Å². The SMILES string of the molecule is COC(=Nc1ccc(OCCOCCOc2ccc(N=C(OC)c3ccccc3)cc2)cc1)c1ccccc1. The van der Waals surface area contributed by atoms with E-state index in [1.54, 1.807) is 14.2 Å². The van der Waals surface area contributed by atoms with Crippen LogP contribution in [-0.4, -0.2) is 52.4 Å². The first-order valence-electron chi connectivity index (χ1n) is 12.6. The van der Waals surface area contributed by atoms with Crippen molar-refractivity contribution in [1.82, 2.24) is 0 Å². The molecule has 0 unspecified atom stereocenters. The van der Waals surface area contributed by atoms with Gasteiger partial charge in [0.05, 0.1) is 38.8 Å². The maximum Gasteiger partial charge on any atom is 0.220 e. The Morgan fingerprint density at radius 1 is 0.487 bits per heavy atom. The van der Waals surface area contributed by atoms with Crippen molar-refractivity contribution < 1.29 is 23.7 Å². The van der Waals surface area contributed by atoms with Gasteiger partial charge in [0.2, 0.25) is 11.8 Å². The molecule has 0 radical (unpaired) electrons. The average molecular weight is 525 g/mol. The lowest BCUT2D eigenvalue weighted by molar-refractivity contribution is 0.0764. The van der Waals surface area contributed by atoms with Crippen LogP contribution in [0.4, 0.5) is 11.4 Å². The largest absolute Gasteiger partial charge is 0.491 e. The quantitative estimate of drug-likeness (QED) is 0.118. The van der Waals surface area contributed by atoms with Gasteiger partial charge < -0.3 is 23.7 Å². The Morgan fingerprint density at radius 3 is 1.23 bits per heavy atom. The number of nitrogens with zero attached hydrogens (tertiary/aromatic N) is 2. The van der Waals surface area contributed by atoms with Gasteiger partial charge in [0.25, 0.3) is 0 Å². The molecule has 0 saturated heterocycles. The molecular formula is C32H32N2O5. The first-order chi connectivity index (χ1) is 19.2. The van der Waals surface area contributed by atoms with Gasteiger partial charge in [-0.1, -0.05) is 36.4 Å². The molecule has 0 aliphatic carbocycles. The van der Waals surface area contributed by atoms with E-state index in [9.17, 15) is 0 Å². The van der Waals surface area contributed by atoms with Crippen LogP contribution in [0.25, 0.3) is 0 Å². The minimum absolute atomic E-state index is 0.436. The van der Waals surface area contributed by atoms with E-state index in [1.807, 2.05) is 109 Å². The molecule has 200 valence electrons. The molecule has 39 heavy (non-hydrogen) atoms. The maximum absolute atomic E-state index is 5.76. The Morgan fingerprint density at radius 2 is 0.872 bits per heavy atom. The number of benzene rings is 4. The van der Waals surface area contributed by atoms with Gasteiger partial charge >= 0.3 is 0 Å². The fourth-order valence-electron chi connectivity index (χ4n) is 3.62. The van der Waals surface area contributed by atoms with Gasteiger partial charge in [-0.25, -0.2) is 9.98 Å². The molecule has 4 aromatic rings. The van der Waals surface area contributed by atoms with Crippen LogP contribution in [0.1, 0.15) is 11.1 Å². The molecular weight excluding hydrogens is 492 g/mol. The summed E-state index contributed by atoms with van der Waals surface area (Å²) in [4.78, 5) is 9.13. The number of hydrogen-bond donors (Lipinski definition) is 0. The van der Waals surface area contributed by atoms with Gasteiger partial charge in [-0.15, -0.1) is 0 Å². The van der Waals surface area contributed by atoms with Crippen LogP contribution in [0.15, 0.2) is 119 Å². The molecule has 0 amide bonds. The van der Waals surface area contributed by atoms with Crippen LogP contribution in [-0.2, 0) is 14.2 Å². The van der Waals surface area contributed by atoms with E-state index in [1.165, 1.54) is 0 Å². The highest BCUT2D eigenvalue weighted by Crippen LogP contribution is 2.21. The van der Waals surface area contributed by atoms with Crippen LogP contribution < -0.4 is 9.47 Å². The molecule has 7 heteroatoms. The van der Waals surface area contributed by atoms with Crippen molar-refractivity contribution in [3.8, 4) is 11.5 Å². The molecule has 0 heterocycles. The van der Waals surface area contributed by atoms with Gasteiger partial charge in [0.1, 0.15) is 24.7 Å². The second kappa shape index (κ2) is 15.0. The van der Waals surface area contributed by atoms with Crippen LogP contribution in [0.3, 0.4) is 0 Å². The molecule has 7 nitrogen and oxygen atoms in total. The van der Waals surface area contributed by atoms with E-state index < -0.39 is 0 Å². The summed E-state index contributed by atoms with van der Waals surface area (Å²) in [6, 6.07) is 34.6. The maximum atomic E-state index is 5.76. The van der Waals surface area contributed by atoms with Crippen molar-refractivity contribution in [2.24, 2.45) is 9.98 Å². The Bertz CT molecular complexity index is 1220. The van der Waals surface area contributed by atoms with Crippen molar-refractivity contribution in [2.75, 3.05) is 40.6 Å². The summed E-state index contributed by atoms with van der Waals surface area (Å²) in [6.07, 6.45) is 0. The van der Waals surface area contributed by atoms with Gasteiger partial charge in [-0.2, -0.15) is 0 Å². The monoisotopic (exact) mass is 524 g/mol. The van der Waals surface area contributed by atoms with Crippen molar-refractivity contribution in [3.05, 3.63) is 120 Å². The first kappa shape index (κ1) is 27.4. The van der Waals surface area contributed by atoms with Gasteiger partial charge in [-0.3, -0.25) is 0 Å². The van der Waals surface area contributed by atoms with E-state index in [0.717, 1.165) is 34.0 Å². The number of hydrogen-bond acceptors (Lipinski definition) is 7. The Labute approximate surface area is 229 Å². The molecule has 0 saturated carbocycles. The van der Waals surface area contributed by atoms with Gasteiger partial charge in [-0.05, 0) is 72.8 Å². The van der Waals surface area contributed by atoms with Gasteiger partial charge in [0, 0.05) is 11.1 Å². The molecule has 4 aromatic carbocycles. The zero-order valence-electron chi connectivity index (χ0n) is 22.2. The average Bonchev–Trinajstić information content (AvgIpc) is 3.00. The van der Waals surface area contributed by atoms with Crippen molar-refractivity contribution in [1.29, 1.82) is 0 Å². The van der Waals surface area contributed by atoms with Crippen LogP contribution in [0.2, 0.25) is 0 Å². The summed E-state index contributed by atoms with van der Waals surface area (Å²) >= 11 is 0. The van der Waals surface area contributed by atoms with E-state index >= 15 is 0 Å². The fourth-order valence-corrected chi connectivity index (χ4v) is 3.62. The second-order valence-corrected chi connectivity index (χ2v) is 8.27. The summed E-state index contributed by atoms with van der Waals surface area (Å²) in [7, 11) is 3.23. The molecule has 0 aliphatic rings. The number of ether oxygens (including phenoxy) is 5. The summed E-state index contributed by atoms with van der Waals surface area (Å²) in [6.45, 7) is 1.79. The predicted octanol–water partition coefficient (Wildman–Crippen LogP) is 6.61. The third kappa shape index (κ3) is 8.72. The minimum atomic E-state index is 0.436. The van der Waals surface area contributed by atoms with Crippen molar-refractivity contribution >= 4 is 23.2 Å². The molecule has 0 aromatic heterocycles. The molecule has 0 fully saturated rings. The lowest BCUT2D eigenvalue weighted by atomic mass is 10.2. The zero-order valence-corrected chi connectivity index (χ0v) is 22.2. The highest BCUT2D eigenvalue weighted by Gasteiger charge is 2.05. The normalized spacial score (nSPS) is 11.6. The third-order valence-electron chi connectivity index (χ3n) is 5.56. The van der Waals surface area contributed by atoms with Crippen molar-refractivity contribution in [3.63, 3.8) is 0 Å². The molecule has 0 spiro atoms. The first-order valence-corrected chi connectivity index (χ1v) is 12.6. The molecule has 4 rings (SSSR count). The van der Waals surface area contributed by atoms with E-state index in [2.05, 4.69) is 9.98 Å². The lowest BCUT2D eigenvalue weighted by Gasteiger charge is -2.09. The molecule has 0 N–H and O–H groups in total. The van der Waals surface area contributed by atoms with Crippen LogP contribution in [0.5, 0.6) is 11.5 Å². The third-order valence-corrected chi connectivity index (χ3v) is 5.56. The highest BCUT2D eigenvalue weighted by molar-refractivity contribution is 5.96. The van der Waals surface area contributed by atoms with Crippen LogP contribution in [0, 0.1) is 0 Å². The standard InChI is InChI=1S/C32H32N2O5/c1-35-31(25-9-5-3-6-10-25)33-27-13-17-29(18-14-27)38-23-21-37-22-24-39-30-19-15-28(16-20-30)34-32(36-2)26-11-7-4-8-12-26/h3-20H,21-24H2,1-2H3. The number of aliphatic imine (C=N–C) groups is 2. The highest BCUT2D eigenvalue weighted by atomic mass is 16.5.